The molecule has 0 fully saturated rings. The number of thiazole rings is 1. The minimum Gasteiger partial charge on any atom is -1.00 e. The van der Waals surface area contributed by atoms with Crippen molar-refractivity contribution in [1.29, 1.82) is 0 Å². The zero-order chi connectivity index (χ0) is 17.9. The highest BCUT2D eigenvalue weighted by Gasteiger charge is 2.15. The van der Waals surface area contributed by atoms with Gasteiger partial charge in [0.25, 0.3) is 10.1 Å². The number of aromatic nitrogens is 1. The van der Waals surface area contributed by atoms with Gasteiger partial charge in [0.1, 0.15) is 4.70 Å². The van der Waals surface area contributed by atoms with Crippen LogP contribution in [0.15, 0.2) is 58.5 Å². The number of nitrogens with one attached hydrogen (secondary N) is 1. The molecule has 3 aromatic rings. The molecular weight excluding hydrogens is 438 g/mol. The molecule has 0 radical (unpaired) electrons. The summed E-state index contributed by atoms with van der Waals surface area (Å²) in [6.07, 6.45) is 2.55. The van der Waals surface area contributed by atoms with Gasteiger partial charge in [-0.15, -0.1) is 0 Å². The molecule has 0 spiro atoms. The number of aryl methyl sites for hydroxylation is 2. The Hall–Kier alpha value is -1.81. The zero-order valence-electron chi connectivity index (χ0n) is 14.0. The first-order valence-corrected chi connectivity index (χ1v) is 9.94. The molecule has 0 bridgehead atoms. The molecule has 26 heavy (non-hydrogen) atoms. The Balaban J connectivity index is 0.00000243. The van der Waals surface area contributed by atoms with E-state index in [0.717, 1.165) is 13.0 Å². The molecular formula is C17H18BrN3O3S2. The second kappa shape index (κ2) is 8.72. The van der Waals surface area contributed by atoms with E-state index in [-0.39, 0.29) is 21.9 Å². The van der Waals surface area contributed by atoms with Crippen molar-refractivity contribution in [3.8, 4) is 0 Å². The van der Waals surface area contributed by atoms with Crippen molar-refractivity contribution < 1.29 is 34.5 Å². The number of para-hydroxylation sites is 1. The van der Waals surface area contributed by atoms with Crippen molar-refractivity contribution in [3.05, 3.63) is 53.5 Å². The van der Waals surface area contributed by atoms with Gasteiger partial charge in [-0.2, -0.15) is 18.1 Å². The van der Waals surface area contributed by atoms with Gasteiger partial charge in [0.15, 0.2) is 6.54 Å². The molecule has 0 saturated heterocycles. The van der Waals surface area contributed by atoms with Crippen LogP contribution in [0.1, 0.15) is 11.4 Å². The van der Waals surface area contributed by atoms with E-state index in [9.17, 15) is 8.42 Å². The SMILES string of the molecule is Cc1sc2ccccc2[n+]1CCC=NNc1ccc(S(=O)(=O)O)cc1.[Br-]. The van der Waals surface area contributed by atoms with Crippen molar-refractivity contribution >= 4 is 43.6 Å². The molecule has 0 amide bonds. The van der Waals surface area contributed by atoms with Crippen LogP contribution < -0.4 is 27.0 Å². The average molecular weight is 456 g/mol. The van der Waals surface area contributed by atoms with Gasteiger partial charge in [-0.25, -0.2) is 0 Å². The Morgan fingerprint density at radius 3 is 2.58 bits per heavy atom. The second-order valence-electron chi connectivity index (χ2n) is 5.45. The van der Waals surface area contributed by atoms with Gasteiger partial charge in [-0.1, -0.05) is 23.5 Å². The minimum absolute atomic E-state index is 0. The Kier molecular flexibility index (Phi) is 6.87. The molecule has 138 valence electrons. The topological polar surface area (TPSA) is 82.6 Å². The van der Waals surface area contributed by atoms with E-state index >= 15 is 0 Å². The summed E-state index contributed by atoms with van der Waals surface area (Å²) in [5.74, 6) is 0. The number of benzene rings is 2. The van der Waals surface area contributed by atoms with E-state index in [1.54, 1.807) is 29.7 Å². The molecule has 0 aliphatic heterocycles. The Labute approximate surface area is 166 Å². The van der Waals surface area contributed by atoms with Crippen LogP contribution in [0.5, 0.6) is 0 Å². The van der Waals surface area contributed by atoms with E-state index in [2.05, 4.69) is 34.2 Å². The van der Waals surface area contributed by atoms with Crippen LogP contribution in [0.4, 0.5) is 5.69 Å². The standard InChI is InChI=1S/C17H17N3O3S2.BrH/c1-13-20(16-5-2-3-6-17(16)24-13)12-4-11-18-19-14-7-9-15(10-8-14)25(21,22)23;/h2-3,5-11,19H,4,12H2,1H3;1H. The average Bonchev–Trinajstić information content (AvgIpc) is 2.90. The summed E-state index contributed by atoms with van der Waals surface area (Å²) < 4.78 is 34.4. The van der Waals surface area contributed by atoms with E-state index in [0.29, 0.717) is 5.69 Å². The fraction of sp³-hybridized carbons (Fsp3) is 0.176. The highest BCUT2D eigenvalue weighted by molar-refractivity contribution is 7.85. The maximum Gasteiger partial charge on any atom is 0.294 e. The number of halogens is 1. The number of anilines is 1. The van der Waals surface area contributed by atoms with Crippen molar-refractivity contribution in [2.75, 3.05) is 5.43 Å². The van der Waals surface area contributed by atoms with Crippen molar-refractivity contribution in [2.45, 2.75) is 24.8 Å². The maximum atomic E-state index is 11.0. The van der Waals surface area contributed by atoms with Gasteiger partial charge in [0.05, 0.1) is 10.6 Å². The van der Waals surface area contributed by atoms with E-state index in [1.165, 1.54) is 27.4 Å². The first-order valence-electron chi connectivity index (χ1n) is 7.68. The summed E-state index contributed by atoms with van der Waals surface area (Å²) in [6.45, 7) is 2.94. The lowest BCUT2D eigenvalue weighted by Gasteiger charge is -2.01. The van der Waals surface area contributed by atoms with Gasteiger partial charge >= 0.3 is 0 Å². The van der Waals surface area contributed by atoms with Crippen molar-refractivity contribution in [1.82, 2.24) is 0 Å². The third-order valence-electron chi connectivity index (χ3n) is 3.71. The lowest BCUT2D eigenvalue weighted by atomic mass is 10.3. The number of hydrogen-bond donors (Lipinski definition) is 2. The normalized spacial score (nSPS) is 11.6. The highest BCUT2D eigenvalue weighted by atomic mass is 79.9. The molecule has 1 aromatic heterocycles. The smallest absolute Gasteiger partial charge is 0.294 e. The summed E-state index contributed by atoms with van der Waals surface area (Å²) in [6, 6.07) is 14.1. The zero-order valence-corrected chi connectivity index (χ0v) is 17.2. The minimum atomic E-state index is -4.16. The van der Waals surface area contributed by atoms with Gasteiger partial charge in [-0.3, -0.25) is 9.98 Å². The van der Waals surface area contributed by atoms with E-state index in [4.69, 9.17) is 4.55 Å². The Morgan fingerprint density at radius 1 is 1.19 bits per heavy atom. The van der Waals surface area contributed by atoms with Crippen molar-refractivity contribution in [3.63, 3.8) is 0 Å². The molecule has 2 N–H and O–H groups in total. The number of hydrogen-bond acceptors (Lipinski definition) is 5. The van der Waals surface area contributed by atoms with Crippen LogP contribution in [0.3, 0.4) is 0 Å². The van der Waals surface area contributed by atoms with Crippen LogP contribution in [0, 0.1) is 6.92 Å². The fourth-order valence-electron chi connectivity index (χ4n) is 2.50. The quantitative estimate of drug-likeness (QED) is 0.241. The summed E-state index contributed by atoms with van der Waals surface area (Å²) >= 11 is 1.78. The molecule has 0 unspecified atom stereocenters. The van der Waals surface area contributed by atoms with Gasteiger partial charge in [0, 0.05) is 25.6 Å². The highest BCUT2D eigenvalue weighted by Crippen LogP contribution is 2.19. The van der Waals surface area contributed by atoms with Crippen LogP contribution in [-0.2, 0) is 16.7 Å². The summed E-state index contributed by atoms with van der Waals surface area (Å²) in [5.41, 5.74) is 4.72. The largest absolute Gasteiger partial charge is 1.00 e. The molecule has 1 heterocycles. The molecule has 2 aromatic carbocycles. The number of hydrazone groups is 1. The first-order chi connectivity index (χ1) is 11.9. The fourth-order valence-corrected chi connectivity index (χ4v) is 4.03. The number of nitrogens with zero attached hydrogens (tertiary/aromatic N) is 2. The third-order valence-corrected chi connectivity index (χ3v) is 5.66. The molecule has 0 aliphatic carbocycles. The molecule has 9 heteroatoms. The van der Waals surface area contributed by atoms with Gasteiger partial charge in [0.2, 0.25) is 10.5 Å². The van der Waals surface area contributed by atoms with Gasteiger partial charge < -0.3 is 17.0 Å². The predicted molar refractivity (Wildman–Crippen MR) is 99.7 cm³/mol. The number of rotatable bonds is 6. The van der Waals surface area contributed by atoms with Crippen LogP contribution in [-0.4, -0.2) is 19.2 Å². The first kappa shape index (κ1) is 20.5. The number of fused-ring (bicyclic) bond motifs is 1. The molecule has 0 atom stereocenters. The monoisotopic (exact) mass is 455 g/mol. The molecule has 0 aliphatic rings. The Morgan fingerprint density at radius 2 is 1.88 bits per heavy atom. The van der Waals surface area contributed by atoms with Gasteiger partial charge in [-0.05, 0) is 30.3 Å². The molecule has 6 nitrogen and oxygen atoms in total. The summed E-state index contributed by atoms with van der Waals surface area (Å²) in [7, 11) is -4.16. The summed E-state index contributed by atoms with van der Waals surface area (Å²) in [4.78, 5) is -0.141. The Bertz CT molecular complexity index is 1020. The van der Waals surface area contributed by atoms with Crippen molar-refractivity contribution in [2.24, 2.45) is 5.10 Å². The molecule has 3 rings (SSSR count). The van der Waals surface area contributed by atoms with E-state index < -0.39 is 10.1 Å². The molecule has 0 saturated carbocycles. The third kappa shape index (κ3) is 4.88. The van der Waals surface area contributed by atoms with Crippen LogP contribution >= 0.6 is 11.3 Å². The predicted octanol–water partition coefficient (Wildman–Crippen LogP) is 0.236. The summed E-state index contributed by atoms with van der Waals surface area (Å²) in [5, 5.41) is 5.40. The maximum absolute atomic E-state index is 11.0. The van der Waals surface area contributed by atoms with E-state index in [1.807, 2.05) is 12.1 Å². The second-order valence-corrected chi connectivity index (χ2v) is 8.11. The van der Waals surface area contributed by atoms with Crippen LogP contribution in [0.2, 0.25) is 0 Å². The lowest BCUT2D eigenvalue weighted by Crippen LogP contribution is -3.00. The lowest BCUT2D eigenvalue weighted by molar-refractivity contribution is -0.671. The van der Waals surface area contributed by atoms with Crippen LogP contribution in [0.25, 0.3) is 10.2 Å².